The summed E-state index contributed by atoms with van der Waals surface area (Å²) in [4.78, 5) is 35.5. The fourth-order valence-electron chi connectivity index (χ4n) is 2.91. The molecule has 126 valence electrons. The van der Waals surface area contributed by atoms with Crippen LogP contribution in [0.2, 0.25) is 0 Å². The molecule has 0 bridgehead atoms. The zero-order valence-electron chi connectivity index (χ0n) is 13.1. The molecule has 1 aliphatic carbocycles. The Morgan fingerprint density at radius 2 is 2.00 bits per heavy atom. The van der Waals surface area contributed by atoms with Crippen LogP contribution >= 0.6 is 11.3 Å². The molecule has 1 aliphatic rings. The molecule has 1 heterocycles. The van der Waals surface area contributed by atoms with Gasteiger partial charge < -0.3 is 15.7 Å². The van der Waals surface area contributed by atoms with E-state index in [1.807, 2.05) is 17.5 Å². The number of hydrogen-bond donors (Lipinski definition) is 3. The van der Waals surface area contributed by atoms with Crippen LogP contribution in [0.25, 0.3) is 0 Å². The molecule has 1 unspecified atom stereocenters. The molecule has 7 heteroatoms. The largest absolute Gasteiger partial charge is 0.481 e. The van der Waals surface area contributed by atoms with E-state index in [2.05, 4.69) is 10.6 Å². The summed E-state index contributed by atoms with van der Waals surface area (Å²) in [7, 11) is 0. The molecule has 0 aromatic carbocycles. The first-order valence-electron chi connectivity index (χ1n) is 7.78. The maximum Gasteiger partial charge on any atom is 0.306 e. The van der Waals surface area contributed by atoms with Crippen molar-refractivity contribution in [1.82, 2.24) is 10.6 Å². The fourth-order valence-corrected chi connectivity index (χ4v) is 3.69. The van der Waals surface area contributed by atoms with Crippen LogP contribution in [0.5, 0.6) is 0 Å². The maximum atomic E-state index is 12.2. The third-order valence-electron chi connectivity index (χ3n) is 4.10. The van der Waals surface area contributed by atoms with E-state index < -0.39 is 5.97 Å². The lowest BCUT2D eigenvalue weighted by atomic mass is 9.86. The minimum absolute atomic E-state index is 0.0272. The molecule has 0 aliphatic heterocycles. The summed E-state index contributed by atoms with van der Waals surface area (Å²) >= 11 is 1.50. The predicted molar refractivity (Wildman–Crippen MR) is 87.0 cm³/mol. The highest BCUT2D eigenvalue weighted by Gasteiger charge is 2.27. The molecule has 3 N–H and O–H groups in total. The zero-order valence-corrected chi connectivity index (χ0v) is 13.9. The van der Waals surface area contributed by atoms with Crippen LogP contribution in [0, 0.1) is 5.92 Å². The number of carbonyl (C=O) groups is 3. The molecule has 1 atom stereocenters. The van der Waals surface area contributed by atoms with Crippen LogP contribution in [-0.2, 0) is 14.4 Å². The molecule has 0 spiro atoms. The third-order valence-corrected chi connectivity index (χ3v) is 5.08. The Morgan fingerprint density at radius 3 is 2.52 bits per heavy atom. The van der Waals surface area contributed by atoms with Crippen LogP contribution < -0.4 is 10.6 Å². The molecule has 1 aromatic rings. The lowest BCUT2D eigenvalue weighted by molar-refractivity contribution is -0.142. The number of carbonyl (C=O) groups excluding carboxylic acids is 2. The van der Waals surface area contributed by atoms with Crippen molar-refractivity contribution in [2.45, 2.75) is 51.1 Å². The summed E-state index contributed by atoms with van der Waals surface area (Å²) in [5.41, 5.74) is 0. The van der Waals surface area contributed by atoms with Gasteiger partial charge in [-0.2, -0.15) is 0 Å². The van der Waals surface area contributed by atoms with Gasteiger partial charge in [0.15, 0.2) is 0 Å². The van der Waals surface area contributed by atoms with E-state index in [9.17, 15) is 14.4 Å². The van der Waals surface area contributed by atoms with E-state index in [0.29, 0.717) is 25.7 Å². The van der Waals surface area contributed by atoms with Gasteiger partial charge in [-0.25, -0.2) is 0 Å². The number of hydrogen-bond acceptors (Lipinski definition) is 4. The normalized spacial score (nSPS) is 22.1. The van der Waals surface area contributed by atoms with Crippen molar-refractivity contribution in [3.63, 3.8) is 0 Å². The van der Waals surface area contributed by atoms with Crippen LogP contribution in [0.3, 0.4) is 0 Å². The van der Waals surface area contributed by atoms with Gasteiger partial charge in [-0.1, -0.05) is 6.07 Å². The van der Waals surface area contributed by atoms with Crippen molar-refractivity contribution in [2.24, 2.45) is 5.92 Å². The van der Waals surface area contributed by atoms with Gasteiger partial charge >= 0.3 is 5.97 Å². The third kappa shape index (κ3) is 5.35. The first-order valence-corrected chi connectivity index (χ1v) is 8.66. The minimum atomic E-state index is -0.752. The standard InChI is InChI=1S/C16H22N2O4S/c1-10(19)17-13(14-3-2-8-23-14)9-15(20)18-12-6-4-11(5-7-12)16(21)22/h2-3,8,11-13H,4-7,9H2,1H3,(H,17,19)(H,18,20)(H,21,22). The van der Waals surface area contributed by atoms with Gasteiger partial charge in [0.25, 0.3) is 0 Å². The van der Waals surface area contributed by atoms with Crippen molar-refractivity contribution in [1.29, 1.82) is 0 Å². The smallest absolute Gasteiger partial charge is 0.306 e. The Bertz CT molecular complexity index is 550. The van der Waals surface area contributed by atoms with Crippen LogP contribution in [0.4, 0.5) is 0 Å². The Hall–Kier alpha value is -1.89. The van der Waals surface area contributed by atoms with Gasteiger partial charge in [-0.3, -0.25) is 14.4 Å². The average Bonchev–Trinajstić information content (AvgIpc) is 3.00. The average molecular weight is 338 g/mol. The molecule has 0 radical (unpaired) electrons. The highest BCUT2D eigenvalue weighted by molar-refractivity contribution is 7.10. The second-order valence-corrected chi connectivity index (χ2v) is 6.91. The fraction of sp³-hybridized carbons (Fsp3) is 0.562. The first kappa shape index (κ1) is 17.5. The van der Waals surface area contributed by atoms with Crippen LogP contribution in [-0.4, -0.2) is 28.9 Å². The molecule has 23 heavy (non-hydrogen) atoms. The molecule has 0 saturated heterocycles. The second kappa shape index (κ2) is 8.10. The predicted octanol–water partition coefficient (Wildman–Crippen LogP) is 2.08. The van der Waals surface area contributed by atoms with E-state index >= 15 is 0 Å². The highest BCUT2D eigenvalue weighted by Crippen LogP contribution is 2.25. The van der Waals surface area contributed by atoms with Gasteiger partial charge in [0.1, 0.15) is 0 Å². The van der Waals surface area contributed by atoms with Crippen molar-refractivity contribution in [2.75, 3.05) is 0 Å². The van der Waals surface area contributed by atoms with Gasteiger partial charge in [-0.15, -0.1) is 11.3 Å². The van der Waals surface area contributed by atoms with Crippen molar-refractivity contribution >= 4 is 29.1 Å². The Balaban J connectivity index is 1.85. The molecule has 2 amide bonds. The zero-order chi connectivity index (χ0) is 16.8. The monoisotopic (exact) mass is 338 g/mol. The number of carboxylic acid groups (broad SMARTS) is 1. The molecular formula is C16H22N2O4S. The molecule has 1 fully saturated rings. The van der Waals surface area contributed by atoms with Crippen LogP contribution in [0.15, 0.2) is 17.5 Å². The highest BCUT2D eigenvalue weighted by atomic mass is 32.1. The Kier molecular flexibility index (Phi) is 6.15. The summed E-state index contributed by atoms with van der Waals surface area (Å²) in [5.74, 6) is -1.33. The minimum Gasteiger partial charge on any atom is -0.481 e. The molecular weight excluding hydrogens is 316 g/mol. The second-order valence-electron chi connectivity index (χ2n) is 5.93. The van der Waals surface area contributed by atoms with Crippen molar-refractivity contribution in [3.8, 4) is 0 Å². The van der Waals surface area contributed by atoms with E-state index in [0.717, 1.165) is 4.88 Å². The number of thiophene rings is 1. The quantitative estimate of drug-likeness (QED) is 0.740. The van der Waals surface area contributed by atoms with Crippen molar-refractivity contribution < 1.29 is 19.5 Å². The number of amides is 2. The van der Waals surface area contributed by atoms with Crippen LogP contribution in [0.1, 0.15) is 49.9 Å². The number of carboxylic acids is 1. The summed E-state index contributed by atoms with van der Waals surface area (Å²) < 4.78 is 0. The van der Waals surface area contributed by atoms with E-state index in [4.69, 9.17) is 5.11 Å². The summed E-state index contributed by atoms with van der Waals surface area (Å²) in [6, 6.07) is 3.50. The number of rotatable bonds is 6. The maximum absolute atomic E-state index is 12.2. The summed E-state index contributed by atoms with van der Waals surface area (Å²) in [5, 5.41) is 16.7. The molecule has 2 rings (SSSR count). The van der Waals surface area contributed by atoms with Gasteiger partial charge in [0.2, 0.25) is 11.8 Å². The number of nitrogens with one attached hydrogen (secondary N) is 2. The van der Waals surface area contributed by atoms with Gasteiger partial charge in [0.05, 0.1) is 18.4 Å². The number of aliphatic carboxylic acids is 1. The van der Waals surface area contributed by atoms with E-state index in [1.165, 1.54) is 18.3 Å². The van der Waals surface area contributed by atoms with Crippen molar-refractivity contribution in [3.05, 3.63) is 22.4 Å². The topological polar surface area (TPSA) is 95.5 Å². The lowest BCUT2D eigenvalue weighted by Gasteiger charge is -2.27. The van der Waals surface area contributed by atoms with Gasteiger partial charge in [0, 0.05) is 17.8 Å². The Labute approximate surface area is 139 Å². The SMILES string of the molecule is CC(=O)NC(CC(=O)NC1CCC(C(=O)O)CC1)c1cccs1. The van der Waals surface area contributed by atoms with Gasteiger partial charge in [-0.05, 0) is 37.1 Å². The lowest BCUT2D eigenvalue weighted by Crippen LogP contribution is -2.40. The summed E-state index contributed by atoms with van der Waals surface area (Å²) in [6.07, 6.45) is 2.76. The van der Waals surface area contributed by atoms with E-state index in [1.54, 1.807) is 0 Å². The summed E-state index contributed by atoms with van der Waals surface area (Å²) in [6.45, 7) is 1.44. The first-order chi connectivity index (χ1) is 11.0. The molecule has 6 nitrogen and oxygen atoms in total. The van der Waals surface area contributed by atoms with E-state index in [-0.39, 0.29) is 36.2 Å². The Morgan fingerprint density at radius 1 is 1.30 bits per heavy atom. The molecule has 1 saturated carbocycles. The molecule has 1 aromatic heterocycles.